The van der Waals surface area contributed by atoms with Crippen LogP contribution in [0.1, 0.15) is 37.8 Å². The lowest BCUT2D eigenvalue weighted by atomic mass is 10.2. The molecule has 2 aromatic heterocycles. The van der Waals surface area contributed by atoms with E-state index in [4.69, 9.17) is 13.8 Å². The van der Waals surface area contributed by atoms with Crippen LogP contribution in [0, 0.1) is 6.92 Å². The summed E-state index contributed by atoms with van der Waals surface area (Å²) in [6, 6.07) is 3.34. The lowest BCUT2D eigenvalue weighted by Gasteiger charge is -2.25. The molecule has 1 atom stereocenters. The molecule has 0 aromatic carbocycles. The molecule has 0 aliphatic carbocycles. The van der Waals surface area contributed by atoms with Gasteiger partial charge in [-0.25, -0.2) is 9.50 Å². The maximum absolute atomic E-state index is 13.3. The molecule has 2 aromatic rings. The number of carbonyl (C=O) groups excluding carboxylic acids is 1. The van der Waals surface area contributed by atoms with E-state index in [-0.39, 0.29) is 19.8 Å². The lowest BCUT2D eigenvalue weighted by Crippen LogP contribution is -2.22. The first-order chi connectivity index (χ1) is 11.5. The van der Waals surface area contributed by atoms with Crippen molar-refractivity contribution in [3.63, 3.8) is 0 Å². The molecule has 0 aliphatic heterocycles. The predicted molar refractivity (Wildman–Crippen MR) is 88.0 cm³/mol. The normalized spacial score (nSPS) is 13.2. The molecule has 0 fully saturated rings. The average molecular weight is 355 g/mol. The molecule has 24 heavy (non-hydrogen) atoms. The van der Waals surface area contributed by atoms with E-state index in [1.165, 1.54) is 4.52 Å². The van der Waals surface area contributed by atoms with Gasteiger partial charge in [0.1, 0.15) is 0 Å². The van der Waals surface area contributed by atoms with Crippen molar-refractivity contribution in [1.29, 1.82) is 0 Å². The SMILES string of the molecule is CCOC(=O)C(c1cc(C)nc2ccnn12)P(=O)(OCC)OCC. The Labute approximate surface area is 140 Å². The van der Waals surface area contributed by atoms with Gasteiger partial charge in [0, 0.05) is 11.8 Å². The maximum atomic E-state index is 13.3. The van der Waals surface area contributed by atoms with Gasteiger partial charge in [0.05, 0.1) is 31.7 Å². The van der Waals surface area contributed by atoms with Crippen molar-refractivity contribution in [3.05, 3.63) is 29.7 Å². The minimum absolute atomic E-state index is 0.138. The van der Waals surface area contributed by atoms with Crippen molar-refractivity contribution in [2.24, 2.45) is 0 Å². The number of esters is 1. The Hall–Kier alpha value is -1.76. The molecular weight excluding hydrogens is 333 g/mol. The van der Waals surface area contributed by atoms with Gasteiger partial charge in [-0.2, -0.15) is 5.10 Å². The number of ether oxygens (including phenoxy) is 1. The van der Waals surface area contributed by atoms with E-state index in [0.717, 1.165) is 0 Å². The Balaban J connectivity index is 2.66. The van der Waals surface area contributed by atoms with Crippen LogP contribution in [0.3, 0.4) is 0 Å². The molecule has 0 saturated heterocycles. The van der Waals surface area contributed by atoms with Crippen LogP contribution in [0.5, 0.6) is 0 Å². The molecule has 0 aliphatic rings. The van der Waals surface area contributed by atoms with E-state index in [1.54, 1.807) is 46.0 Å². The molecule has 0 N–H and O–H groups in total. The first-order valence-corrected chi connectivity index (χ1v) is 9.44. The number of fused-ring (bicyclic) bond motifs is 1. The quantitative estimate of drug-likeness (QED) is 0.531. The van der Waals surface area contributed by atoms with Crippen LogP contribution in [-0.2, 0) is 23.1 Å². The molecule has 0 spiro atoms. The third kappa shape index (κ3) is 3.66. The molecule has 0 saturated carbocycles. The largest absolute Gasteiger partial charge is 0.465 e. The van der Waals surface area contributed by atoms with Crippen LogP contribution in [0.4, 0.5) is 0 Å². The van der Waals surface area contributed by atoms with E-state index in [1.807, 2.05) is 0 Å². The van der Waals surface area contributed by atoms with Crippen LogP contribution in [0.2, 0.25) is 0 Å². The summed E-state index contributed by atoms with van der Waals surface area (Å²) in [6.07, 6.45) is 1.56. The Bertz CT molecular complexity index is 751. The van der Waals surface area contributed by atoms with E-state index in [9.17, 15) is 9.36 Å². The number of aryl methyl sites for hydroxylation is 1. The number of aromatic nitrogens is 3. The van der Waals surface area contributed by atoms with E-state index < -0.39 is 19.2 Å². The zero-order chi connectivity index (χ0) is 17.7. The second kappa shape index (κ2) is 7.88. The molecule has 0 bridgehead atoms. The Kier molecular flexibility index (Phi) is 6.10. The summed E-state index contributed by atoms with van der Waals surface area (Å²) in [6.45, 7) is 7.27. The number of nitrogens with zero attached hydrogens (tertiary/aromatic N) is 3. The van der Waals surface area contributed by atoms with Gasteiger partial charge < -0.3 is 13.8 Å². The van der Waals surface area contributed by atoms with Crippen molar-refractivity contribution in [3.8, 4) is 0 Å². The first-order valence-electron chi connectivity index (χ1n) is 7.83. The summed E-state index contributed by atoms with van der Waals surface area (Å²) in [7, 11) is -3.80. The third-order valence-corrected chi connectivity index (χ3v) is 5.58. The predicted octanol–water partition coefficient (Wildman–Crippen LogP) is 2.91. The molecular formula is C15H22N3O5P. The van der Waals surface area contributed by atoms with E-state index >= 15 is 0 Å². The average Bonchev–Trinajstić information content (AvgIpc) is 2.96. The molecule has 0 radical (unpaired) electrons. The molecule has 2 heterocycles. The van der Waals surface area contributed by atoms with Gasteiger partial charge in [0.2, 0.25) is 5.66 Å². The minimum Gasteiger partial charge on any atom is -0.465 e. The second-order valence-electron chi connectivity index (χ2n) is 4.95. The topological polar surface area (TPSA) is 92.0 Å². The summed E-state index contributed by atoms with van der Waals surface area (Å²) in [5, 5.41) is 4.17. The monoisotopic (exact) mass is 355 g/mol. The highest BCUT2D eigenvalue weighted by Crippen LogP contribution is 2.61. The van der Waals surface area contributed by atoms with Crippen molar-refractivity contribution in [2.75, 3.05) is 19.8 Å². The van der Waals surface area contributed by atoms with E-state index in [2.05, 4.69) is 10.1 Å². The molecule has 9 heteroatoms. The Morgan fingerprint density at radius 2 is 1.92 bits per heavy atom. The van der Waals surface area contributed by atoms with E-state index in [0.29, 0.717) is 17.0 Å². The first kappa shape index (κ1) is 18.6. The summed E-state index contributed by atoms with van der Waals surface area (Å²) in [4.78, 5) is 16.9. The summed E-state index contributed by atoms with van der Waals surface area (Å²) >= 11 is 0. The van der Waals surface area contributed by atoms with Gasteiger partial charge in [0.15, 0.2) is 5.65 Å². The number of hydrogen-bond acceptors (Lipinski definition) is 7. The summed E-state index contributed by atoms with van der Waals surface area (Å²) < 4.78 is 30.7. The van der Waals surface area contributed by atoms with Gasteiger partial charge in [-0.3, -0.25) is 9.36 Å². The molecule has 0 amide bonds. The zero-order valence-electron chi connectivity index (χ0n) is 14.3. The van der Waals surface area contributed by atoms with Crippen molar-refractivity contribution < 1.29 is 23.1 Å². The summed E-state index contributed by atoms with van der Waals surface area (Å²) in [5.41, 5.74) is 0.332. The molecule has 2 rings (SSSR count). The summed E-state index contributed by atoms with van der Waals surface area (Å²) in [5.74, 6) is -0.676. The van der Waals surface area contributed by atoms with Crippen molar-refractivity contribution in [2.45, 2.75) is 33.4 Å². The fourth-order valence-electron chi connectivity index (χ4n) is 2.44. The van der Waals surface area contributed by atoms with Crippen LogP contribution in [0.15, 0.2) is 18.3 Å². The second-order valence-corrected chi connectivity index (χ2v) is 7.07. The van der Waals surface area contributed by atoms with Gasteiger partial charge in [-0.05, 0) is 33.8 Å². The fraction of sp³-hybridized carbons (Fsp3) is 0.533. The highest BCUT2D eigenvalue weighted by atomic mass is 31.2. The van der Waals surface area contributed by atoms with Gasteiger partial charge in [-0.15, -0.1) is 0 Å². The fourth-order valence-corrected chi connectivity index (χ4v) is 4.38. The number of carbonyl (C=O) groups is 1. The van der Waals surface area contributed by atoms with Gasteiger partial charge in [0.25, 0.3) is 0 Å². The standard InChI is InChI=1S/C15H22N3O5P/c1-5-21-15(19)14(24(20,22-6-2)23-7-3)12-10-11(4)17-13-8-9-16-18(12)13/h8-10,14H,5-7H2,1-4H3. The van der Waals surface area contributed by atoms with Gasteiger partial charge >= 0.3 is 13.6 Å². The zero-order valence-corrected chi connectivity index (χ0v) is 15.2. The number of rotatable bonds is 8. The van der Waals surface area contributed by atoms with Gasteiger partial charge in [-0.1, -0.05) is 0 Å². The van der Waals surface area contributed by atoms with Crippen LogP contribution >= 0.6 is 7.60 Å². The number of hydrogen-bond donors (Lipinski definition) is 0. The molecule has 1 unspecified atom stereocenters. The highest BCUT2D eigenvalue weighted by molar-refractivity contribution is 7.55. The van der Waals surface area contributed by atoms with Crippen LogP contribution < -0.4 is 0 Å². The highest BCUT2D eigenvalue weighted by Gasteiger charge is 2.45. The molecule has 8 nitrogen and oxygen atoms in total. The van der Waals surface area contributed by atoms with Crippen LogP contribution in [0.25, 0.3) is 5.65 Å². The van der Waals surface area contributed by atoms with Crippen molar-refractivity contribution >= 4 is 19.2 Å². The Morgan fingerprint density at radius 3 is 2.50 bits per heavy atom. The maximum Gasteiger partial charge on any atom is 0.350 e. The van der Waals surface area contributed by atoms with Crippen molar-refractivity contribution in [1.82, 2.24) is 14.6 Å². The molecule has 132 valence electrons. The van der Waals surface area contributed by atoms with Crippen LogP contribution in [-0.4, -0.2) is 40.4 Å². The lowest BCUT2D eigenvalue weighted by molar-refractivity contribution is -0.143. The smallest absolute Gasteiger partial charge is 0.350 e. The third-order valence-electron chi connectivity index (χ3n) is 3.24. The Morgan fingerprint density at radius 1 is 1.25 bits per heavy atom. The minimum atomic E-state index is -3.80.